The number of nitrogens with zero attached hydrogens (tertiary/aromatic N) is 1. The Morgan fingerprint density at radius 1 is 1.21 bits per heavy atom. The van der Waals surface area contributed by atoms with Gasteiger partial charge in [0.25, 0.3) is 0 Å². The van der Waals surface area contributed by atoms with Crippen LogP contribution in [0, 0.1) is 24.1 Å². The van der Waals surface area contributed by atoms with Crippen molar-refractivity contribution in [1.82, 2.24) is 0 Å². The molecule has 0 aliphatic rings. The number of ether oxygens (including phenoxy) is 1. The van der Waals surface area contributed by atoms with Gasteiger partial charge >= 0.3 is 0 Å². The maximum absolute atomic E-state index is 13.7. The molecule has 96 valence electrons. The molecular weight excluding hydrogens is 265 g/mol. The molecule has 0 radical (unpaired) electrons. The SMILES string of the molecule is Cc1ccc(Oc2ccc(C#N)cc2F)c(CCl)c1. The number of hydrogen-bond donors (Lipinski definition) is 0. The van der Waals surface area contributed by atoms with Crippen LogP contribution in [-0.2, 0) is 5.88 Å². The van der Waals surface area contributed by atoms with Gasteiger partial charge in [0.15, 0.2) is 11.6 Å². The summed E-state index contributed by atoms with van der Waals surface area (Å²) in [5.41, 5.74) is 2.11. The molecule has 0 aliphatic heterocycles. The standard InChI is InChI=1S/C15H11ClFNO/c1-10-2-4-14(12(6-10)8-16)19-15-5-3-11(9-18)7-13(15)17/h2-7H,8H2,1H3. The van der Waals surface area contributed by atoms with Crippen molar-refractivity contribution in [1.29, 1.82) is 5.26 Å². The molecule has 2 nitrogen and oxygen atoms in total. The number of halogens is 2. The Bertz CT molecular complexity index is 649. The van der Waals surface area contributed by atoms with Gasteiger partial charge in [-0.05, 0) is 31.2 Å². The van der Waals surface area contributed by atoms with Crippen LogP contribution in [0.4, 0.5) is 4.39 Å². The summed E-state index contributed by atoms with van der Waals surface area (Å²) in [7, 11) is 0. The highest BCUT2D eigenvalue weighted by Gasteiger charge is 2.09. The van der Waals surface area contributed by atoms with Crippen LogP contribution in [0.2, 0.25) is 0 Å². The van der Waals surface area contributed by atoms with Crippen molar-refractivity contribution in [3.63, 3.8) is 0 Å². The highest BCUT2D eigenvalue weighted by Crippen LogP contribution is 2.29. The number of benzene rings is 2. The summed E-state index contributed by atoms with van der Waals surface area (Å²) in [6, 6.07) is 11.5. The molecule has 2 aromatic rings. The zero-order valence-corrected chi connectivity index (χ0v) is 11.0. The predicted molar refractivity (Wildman–Crippen MR) is 71.9 cm³/mol. The van der Waals surface area contributed by atoms with Gasteiger partial charge < -0.3 is 4.74 Å². The molecule has 0 N–H and O–H groups in total. The van der Waals surface area contributed by atoms with E-state index in [-0.39, 0.29) is 17.2 Å². The molecule has 4 heteroatoms. The lowest BCUT2D eigenvalue weighted by atomic mass is 10.1. The molecule has 0 unspecified atom stereocenters. The van der Waals surface area contributed by atoms with Gasteiger partial charge in [0.05, 0.1) is 17.5 Å². The molecule has 2 rings (SSSR count). The molecule has 0 fully saturated rings. The molecule has 0 spiro atoms. The van der Waals surface area contributed by atoms with Crippen molar-refractivity contribution >= 4 is 11.6 Å². The van der Waals surface area contributed by atoms with E-state index in [4.69, 9.17) is 21.6 Å². The predicted octanol–water partition coefficient (Wildman–Crippen LogP) is 4.54. The van der Waals surface area contributed by atoms with Crippen molar-refractivity contribution in [2.45, 2.75) is 12.8 Å². The van der Waals surface area contributed by atoms with Gasteiger partial charge in [-0.1, -0.05) is 17.7 Å². The van der Waals surface area contributed by atoms with Crippen LogP contribution >= 0.6 is 11.6 Å². The monoisotopic (exact) mass is 275 g/mol. The summed E-state index contributed by atoms with van der Waals surface area (Å²) < 4.78 is 19.2. The summed E-state index contributed by atoms with van der Waals surface area (Å²) in [6.07, 6.45) is 0. The Hall–Kier alpha value is -2.05. The fraction of sp³-hybridized carbons (Fsp3) is 0.133. The zero-order valence-electron chi connectivity index (χ0n) is 10.3. The minimum Gasteiger partial charge on any atom is -0.454 e. The van der Waals surface area contributed by atoms with Crippen molar-refractivity contribution in [2.75, 3.05) is 0 Å². The number of aryl methyl sites for hydroxylation is 1. The van der Waals surface area contributed by atoms with Crippen LogP contribution in [0.3, 0.4) is 0 Å². The molecule has 0 bridgehead atoms. The Morgan fingerprint density at radius 3 is 2.58 bits per heavy atom. The molecule has 0 amide bonds. The molecule has 0 heterocycles. The first-order valence-corrected chi connectivity index (χ1v) is 6.20. The fourth-order valence-electron chi connectivity index (χ4n) is 1.68. The minimum atomic E-state index is -0.569. The Labute approximate surface area is 116 Å². The van der Waals surface area contributed by atoms with Crippen LogP contribution in [0.1, 0.15) is 16.7 Å². The van der Waals surface area contributed by atoms with Gasteiger partial charge in [0.1, 0.15) is 5.75 Å². The Morgan fingerprint density at radius 2 is 1.95 bits per heavy atom. The molecule has 0 aliphatic carbocycles. The van der Waals surface area contributed by atoms with Crippen LogP contribution < -0.4 is 4.74 Å². The molecule has 0 saturated carbocycles. The van der Waals surface area contributed by atoms with E-state index in [0.717, 1.165) is 17.2 Å². The van der Waals surface area contributed by atoms with E-state index >= 15 is 0 Å². The molecule has 19 heavy (non-hydrogen) atoms. The van der Waals surface area contributed by atoms with Crippen LogP contribution in [0.15, 0.2) is 36.4 Å². The topological polar surface area (TPSA) is 33.0 Å². The van der Waals surface area contributed by atoms with Crippen LogP contribution in [-0.4, -0.2) is 0 Å². The maximum atomic E-state index is 13.7. The highest BCUT2D eigenvalue weighted by molar-refractivity contribution is 6.17. The third-order valence-electron chi connectivity index (χ3n) is 2.64. The lowest BCUT2D eigenvalue weighted by molar-refractivity contribution is 0.439. The second kappa shape index (κ2) is 5.73. The van der Waals surface area contributed by atoms with Crippen LogP contribution in [0.25, 0.3) is 0 Å². The van der Waals surface area contributed by atoms with Gasteiger partial charge in [-0.25, -0.2) is 4.39 Å². The first-order chi connectivity index (χ1) is 9.13. The first-order valence-electron chi connectivity index (χ1n) is 5.67. The van der Waals surface area contributed by atoms with E-state index in [1.807, 2.05) is 25.1 Å². The number of nitriles is 1. The summed E-state index contributed by atoms with van der Waals surface area (Å²) >= 11 is 5.84. The van der Waals surface area contributed by atoms with Crippen molar-refractivity contribution in [2.24, 2.45) is 0 Å². The Balaban J connectivity index is 2.34. The number of rotatable bonds is 3. The lowest BCUT2D eigenvalue weighted by Crippen LogP contribution is -1.93. The summed E-state index contributed by atoms with van der Waals surface area (Å²) in [6.45, 7) is 1.95. The number of alkyl halides is 1. The smallest absolute Gasteiger partial charge is 0.167 e. The lowest BCUT2D eigenvalue weighted by Gasteiger charge is -2.11. The van der Waals surface area contributed by atoms with Gasteiger partial charge in [0.2, 0.25) is 0 Å². The summed E-state index contributed by atoms with van der Waals surface area (Å²) in [4.78, 5) is 0. The third kappa shape index (κ3) is 3.04. The zero-order chi connectivity index (χ0) is 13.8. The first kappa shape index (κ1) is 13.4. The van der Waals surface area contributed by atoms with Crippen molar-refractivity contribution in [3.8, 4) is 17.6 Å². The quantitative estimate of drug-likeness (QED) is 0.771. The van der Waals surface area contributed by atoms with Gasteiger partial charge in [-0.15, -0.1) is 11.6 Å². The van der Waals surface area contributed by atoms with E-state index in [2.05, 4.69) is 0 Å². The average Bonchev–Trinajstić information content (AvgIpc) is 2.42. The molecule has 0 saturated heterocycles. The van der Waals surface area contributed by atoms with Crippen molar-refractivity contribution in [3.05, 3.63) is 58.9 Å². The molecule has 0 aromatic heterocycles. The van der Waals surface area contributed by atoms with E-state index in [9.17, 15) is 4.39 Å². The normalized spacial score (nSPS) is 10.0. The van der Waals surface area contributed by atoms with Gasteiger partial charge in [0, 0.05) is 5.56 Å². The largest absolute Gasteiger partial charge is 0.454 e. The Kier molecular flexibility index (Phi) is 4.03. The number of hydrogen-bond acceptors (Lipinski definition) is 2. The van der Waals surface area contributed by atoms with Gasteiger partial charge in [-0.2, -0.15) is 5.26 Å². The third-order valence-corrected chi connectivity index (χ3v) is 2.93. The van der Waals surface area contributed by atoms with E-state index in [1.54, 1.807) is 6.07 Å². The summed E-state index contributed by atoms with van der Waals surface area (Å²) in [5.74, 6) is 0.313. The average molecular weight is 276 g/mol. The van der Waals surface area contributed by atoms with Gasteiger partial charge in [-0.3, -0.25) is 0 Å². The molecular formula is C15H11ClFNO. The fourth-order valence-corrected chi connectivity index (χ4v) is 1.89. The molecule has 2 aromatic carbocycles. The van der Waals surface area contributed by atoms with Crippen molar-refractivity contribution < 1.29 is 9.13 Å². The van der Waals surface area contributed by atoms with Crippen LogP contribution in [0.5, 0.6) is 11.5 Å². The summed E-state index contributed by atoms with van der Waals surface area (Å²) in [5, 5.41) is 8.68. The van der Waals surface area contributed by atoms with E-state index in [0.29, 0.717) is 5.75 Å². The highest BCUT2D eigenvalue weighted by atomic mass is 35.5. The minimum absolute atomic E-state index is 0.0780. The van der Waals surface area contributed by atoms with E-state index in [1.165, 1.54) is 12.1 Å². The second-order valence-corrected chi connectivity index (χ2v) is 4.37. The van der Waals surface area contributed by atoms with E-state index < -0.39 is 5.82 Å². The maximum Gasteiger partial charge on any atom is 0.167 e. The molecule has 0 atom stereocenters. The second-order valence-electron chi connectivity index (χ2n) is 4.10.